The minimum atomic E-state index is -0.806. The molecule has 0 heterocycles. The Morgan fingerprint density at radius 3 is 2.61 bits per heavy atom. The summed E-state index contributed by atoms with van der Waals surface area (Å²) in [5.74, 6) is 1.83. The molecule has 0 aromatic heterocycles. The number of carbonyl (C=O) groups is 2. The summed E-state index contributed by atoms with van der Waals surface area (Å²) in [5.41, 5.74) is 1.04. The molecule has 0 aliphatic heterocycles. The van der Waals surface area contributed by atoms with Crippen molar-refractivity contribution in [2.75, 3.05) is 6.61 Å². The Balaban J connectivity index is 1.35. The first-order valence-electron chi connectivity index (χ1n) is 8.35. The van der Waals surface area contributed by atoms with Gasteiger partial charge in [-0.1, -0.05) is 12.1 Å². The maximum Gasteiger partial charge on any atom is 0.303 e. The molecule has 1 aromatic carbocycles. The van der Waals surface area contributed by atoms with E-state index >= 15 is 0 Å². The van der Waals surface area contributed by atoms with Crippen LogP contribution in [0.15, 0.2) is 24.3 Å². The van der Waals surface area contributed by atoms with Gasteiger partial charge in [0.25, 0.3) is 0 Å². The molecule has 0 spiro atoms. The first-order chi connectivity index (χ1) is 11.1. The number of aliphatic carboxylic acids is 1. The Morgan fingerprint density at radius 1 is 1.22 bits per heavy atom. The summed E-state index contributed by atoms with van der Waals surface area (Å²) in [6.45, 7) is 0.943. The van der Waals surface area contributed by atoms with Gasteiger partial charge in [0.05, 0.1) is 6.61 Å². The lowest BCUT2D eigenvalue weighted by Gasteiger charge is -2.08. The number of benzene rings is 1. The van der Waals surface area contributed by atoms with Crippen molar-refractivity contribution in [2.24, 2.45) is 17.8 Å². The van der Waals surface area contributed by atoms with Gasteiger partial charge in [0.2, 0.25) is 5.91 Å². The number of carboxylic acids is 1. The SMILES string of the molecule is O=C(O)CCCOc1ccc(CNC(=O)[C@H]2C[C@H]2C2CC2)cc1. The van der Waals surface area contributed by atoms with Crippen LogP contribution < -0.4 is 10.1 Å². The largest absolute Gasteiger partial charge is 0.494 e. The fraction of sp³-hybridized carbons (Fsp3) is 0.556. The van der Waals surface area contributed by atoms with Crippen LogP contribution in [0.2, 0.25) is 0 Å². The van der Waals surface area contributed by atoms with E-state index in [1.54, 1.807) is 0 Å². The van der Waals surface area contributed by atoms with E-state index in [0.29, 0.717) is 25.5 Å². The number of nitrogens with one attached hydrogen (secondary N) is 1. The number of carboxylic acid groups (broad SMARTS) is 1. The molecule has 3 rings (SSSR count). The number of carbonyl (C=O) groups excluding carboxylic acids is 1. The lowest BCUT2D eigenvalue weighted by molar-refractivity contribution is -0.137. The minimum Gasteiger partial charge on any atom is -0.494 e. The van der Waals surface area contributed by atoms with E-state index in [-0.39, 0.29) is 18.2 Å². The van der Waals surface area contributed by atoms with Gasteiger partial charge in [-0.3, -0.25) is 9.59 Å². The van der Waals surface area contributed by atoms with E-state index in [0.717, 1.165) is 23.7 Å². The first-order valence-corrected chi connectivity index (χ1v) is 8.35. The third-order valence-corrected chi connectivity index (χ3v) is 4.60. The van der Waals surface area contributed by atoms with Crippen LogP contribution in [0.5, 0.6) is 5.75 Å². The van der Waals surface area contributed by atoms with E-state index < -0.39 is 5.97 Å². The Bertz CT molecular complexity index is 565. The highest BCUT2D eigenvalue weighted by Gasteiger charge is 2.50. The first kappa shape index (κ1) is 15.8. The summed E-state index contributed by atoms with van der Waals surface area (Å²) in [5, 5.41) is 11.6. The van der Waals surface area contributed by atoms with Crippen LogP contribution in [0.4, 0.5) is 0 Å². The Morgan fingerprint density at radius 2 is 1.96 bits per heavy atom. The average molecular weight is 317 g/mol. The predicted molar refractivity (Wildman–Crippen MR) is 85.0 cm³/mol. The Kier molecular flexibility index (Phi) is 4.84. The zero-order chi connectivity index (χ0) is 16.2. The van der Waals surface area contributed by atoms with Crippen LogP contribution >= 0.6 is 0 Å². The number of amides is 1. The molecule has 2 saturated carbocycles. The summed E-state index contributed by atoms with van der Waals surface area (Å²) < 4.78 is 5.48. The van der Waals surface area contributed by atoms with E-state index in [1.807, 2.05) is 24.3 Å². The molecule has 1 aromatic rings. The zero-order valence-electron chi connectivity index (χ0n) is 13.2. The summed E-state index contributed by atoms with van der Waals surface area (Å²) in [6, 6.07) is 7.56. The van der Waals surface area contributed by atoms with Gasteiger partial charge in [0.1, 0.15) is 5.75 Å². The van der Waals surface area contributed by atoms with Crippen molar-refractivity contribution < 1.29 is 19.4 Å². The van der Waals surface area contributed by atoms with Crippen LogP contribution in [0.3, 0.4) is 0 Å². The molecular weight excluding hydrogens is 294 g/mol. The van der Waals surface area contributed by atoms with Crippen LogP contribution in [0.1, 0.15) is 37.7 Å². The van der Waals surface area contributed by atoms with Gasteiger partial charge < -0.3 is 15.2 Å². The third-order valence-electron chi connectivity index (χ3n) is 4.60. The van der Waals surface area contributed by atoms with Gasteiger partial charge >= 0.3 is 5.97 Å². The minimum absolute atomic E-state index is 0.118. The summed E-state index contributed by atoms with van der Waals surface area (Å²) in [4.78, 5) is 22.4. The highest BCUT2D eigenvalue weighted by atomic mass is 16.5. The van der Waals surface area contributed by atoms with E-state index in [9.17, 15) is 9.59 Å². The topological polar surface area (TPSA) is 75.6 Å². The monoisotopic (exact) mass is 317 g/mol. The molecule has 23 heavy (non-hydrogen) atoms. The van der Waals surface area contributed by atoms with Crippen LogP contribution in [0, 0.1) is 17.8 Å². The second-order valence-electron chi connectivity index (χ2n) is 6.55. The van der Waals surface area contributed by atoms with Crippen molar-refractivity contribution >= 4 is 11.9 Å². The van der Waals surface area contributed by atoms with E-state index in [1.165, 1.54) is 12.8 Å². The number of hydrogen-bond acceptors (Lipinski definition) is 3. The maximum atomic E-state index is 12.0. The van der Waals surface area contributed by atoms with Crippen molar-refractivity contribution in [2.45, 2.75) is 38.6 Å². The summed E-state index contributed by atoms with van der Waals surface area (Å²) in [6.07, 6.45) is 4.30. The number of rotatable bonds is 9. The molecule has 124 valence electrons. The number of hydrogen-bond donors (Lipinski definition) is 2. The molecule has 2 fully saturated rings. The molecule has 0 bridgehead atoms. The molecule has 5 nitrogen and oxygen atoms in total. The van der Waals surface area contributed by atoms with E-state index in [4.69, 9.17) is 9.84 Å². The van der Waals surface area contributed by atoms with Gasteiger partial charge in [0, 0.05) is 18.9 Å². The molecule has 0 radical (unpaired) electrons. The molecule has 5 heteroatoms. The second kappa shape index (κ2) is 7.02. The van der Waals surface area contributed by atoms with Crippen molar-refractivity contribution in [3.8, 4) is 5.75 Å². The highest BCUT2D eigenvalue weighted by Crippen LogP contribution is 2.54. The molecule has 2 aliphatic carbocycles. The van der Waals surface area contributed by atoms with Gasteiger partial charge in [-0.25, -0.2) is 0 Å². The predicted octanol–water partition coefficient (Wildman–Crippen LogP) is 2.59. The fourth-order valence-corrected chi connectivity index (χ4v) is 3.00. The molecule has 0 unspecified atom stereocenters. The molecular formula is C18H23NO4. The smallest absolute Gasteiger partial charge is 0.303 e. The molecule has 2 N–H and O–H groups in total. The van der Waals surface area contributed by atoms with Gasteiger partial charge in [-0.2, -0.15) is 0 Å². The van der Waals surface area contributed by atoms with Gasteiger partial charge in [-0.05, 0) is 55.2 Å². The van der Waals surface area contributed by atoms with E-state index in [2.05, 4.69) is 5.32 Å². The maximum absolute atomic E-state index is 12.0. The number of ether oxygens (including phenoxy) is 1. The van der Waals surface area contributed by atoms with Gasteiger partial charge in [0.15, 0.2) is 0 Å². The summed E-state index contributed by atoms with van der Waals surface area (Å²) in [7, 11) is 0. The zero-order valence-corrected chi connectivity index (χ0v) is 13.2. The quantitative estimate of drug-likeness (QED) is 0.686. The third kappa shape index (κ3) is 4.71. The second-order valence-corrected chi connectivity index (χ2v) is 6.55. The molecule has 0 saturated heterocycles. The lowest BCUT2D eigenvalue weighted by Crippen LogP contribution is -2.25. The summed E-state index contributed by atoms with van der Waals surface area (Å²) >= 11 is 0. The average Bonchev–Trinajstić information content (AvgIpc) is 3.41. The van der Waals surface area contributed by atoms with Crippen molar-refractivity contribution in [3.63, 3.8) is 0 Å². The molecule has 2 atom stereocenters. The Labute approximate surface area is 136 Å². The van der Waals surface area contributed by atoms with Crippen molar-refractivity contribution in [1.29, 1.82) is 0 Å². The van der Waals surface area contributed by atoms with Gasteiger partial charge in [-0.15, -0.1) is 0 Å². The van der Waals surface area contributed by atoms with Crippen LogP contribution in [-0.4, -0.2) is 23.6 Å². The molecule has 1 amide bonds. The lowest BCUT2D eigenvalue weighted by atomic mass is 10.2. The van der Waals surface area contributed by atoms with Crippen LogP contribution in [0.25, 0.3) is 0 Å². The standard InChI is InChI=1S/C18H23NO4/c20-17(21)2-1-9-23-14-7-3-12(4-8-14)11-19-18(22)16-10-15(16)13-5-6-13/h3-4,7-8,13,15-16H,1-2,5-6,9-11H2,(H,19,22)(H,20,21)/t15-,16-/m0/s1. The Hall–Kier alpha value is -2.04. The normalized spacial score (nSPS) is 22.4. The van der Waals surface area contributed by atoms with Crippen molar-refractivity contribution in [1.82, 2.24) is 5.32 Å². The highest BCUT2D eigenvalue weighted by molar-refractivity contribution is 5.81. The molecule has 2 aliphatic rings. The van der Waals surface area contributed by atoms with Crippen molar-refractivity contribution in [3.05, 3.63) is 29.8 Å². The fourth-order valence-electron chi connectivity index (χ4n) is 3.00. The van der Waals surface area contributed by atoms with Crippen LogP contribution in [-0.2, 0) is 16.1 Å².